The molecule has 1 fully saturated rings. The molecule has 0 aromatic rings. The van der Waals surface area contributed by atoms with E-state index in [9.17, 15) is 9.90 Å². The lowest BCUT2D eigenvalue weighted by atomic mass is 10.0. The highest BCUT2D eigenvalue weighted by Crippen LogP contribution is 2.22. The van der Waals surface area contributed by atoms with Gasteiger partial charge in [0.05, 0.1) is 13.3 Å². The van der Waals surface area contributed by atoms with Gasteiger partial charge in [-0.15, -0.1) is 0 Å². The molecule has 1 saturated heterocycles. The van der Waals surface area contributed by atoms with E-state index in [4.69, 9.17) is 19.3 Å². The molecule has 4 unspecified atom stereocenters. The zero-order chi connectivity index (χ0) is 14.3. The monoisotopic (exact) mass is 277 g/mol. The van der Waals surface area contributed by atoms with Crippen LogP contribution < -0.4 is 5.32 Å². The fraction of sp³-hybridized carbons (Fsp3) is 0.917. The van der Waals surface area contributed by atoms with Crippen molar-refractivity contribution in [3.05, 3.63) is 0 Å². The Morgan fingerprint density at radius 3 is 2.84 bits per heavy atom. The lowest BCUT2D eigenvalue weighted by Crippen LogP contribution is -2.55. The van der Waals surface area contributed by atoms with Gasteiger partial charge >= 0.3 is 5.97 Å². The summed E-state index contributed by atoms with van der Waals surface area (Å²) in [6.07, 6.45) is -1.51. The summed E-state index contributed by atoms with van der Waals surface area (Å²) in [7, 11) is 0. The second-order valence-corrected chi connectivity index (χ2v) is 4.47. The number of aliphatic hydroxyl groups excluding tert-OH is 2. The lowest BCUT2D eigenvalue weighted by molar-refractivity contribution is -0.208. The van der Waals surface area contributed by atoms with Crippen LogP contribution in [0, 0.1) is 0 Å². The zero-order valence-electron chi connectivity index (χ0n) is 11.4. The maximum Gasteiger partial charge on any atom is 0.302 e. The molecule has 112 valence electrons. The van der Waals surface area contributed by atoms with Crippen LogP contribution in [0.25, 0.3) is 0 Å². The van der Waals surface area contributed by atoms with E-state index in [1.807, 2.05) is 6.92 Å². The molecule has 0 saturated carbocycles. The molecular weight excluding hydrogens is 254 g/mol. The summed E-state index contributed by atoms with van der Waals surface area (Å²) in [5.74, 6) is -0.457. The first-order chi connectivity index (χ1) is 9.08. The smallest absolute Gasteiger partial charge is 0.302 e. The third kappa shape index (κ3) is 5.42. The first kappa shape index (κ1) is 16.3. The fourth-order valence-corrected chi connectivity index (χ4v) is 1.98. The molecule has 1 heterocycles. The Labute approximate surface area is 112 Å². The van der Waals surface area contributed by atoms with Gasteiger partial charge in [0.25, 0.3) is 0 Å². The maximum absolute atomic E-state index is 11.0. The van der Waals surface area contributed by atoms with Crippen LogP contribution in [0.5, 0.6) is 0 Å². The number of hydrogen-bond donors (Lipinski definition) is 3. The van der Waals surface area contributed by atoms with E-state index in [1.54, 1.807) is 0 Å². The summed E-state index contributed by atoms with van der Waals surface area (Å²) >= 11 is 0. The minimum Gasteiger partial charge on any atom is -0.460 e. The van der Waals surface area contributed by atoms with Crippen molar-refractivity contribution in [1.82, 2.24) is 5.32 Å². The predicted octanol–water partition coefficient (Wildman–Crippen LogP) is -0.640. The topological polar surface area (TPSA) is 97.3 Å². The van der Waals surface area contributed by atoms with Gasteiger partial charge in [-0.25, -0.2) is 0 Å². The molecule has 0 radical (unpaired) electrons. The number of esters is 1. The Bertz CT molecular complexity index is 275. The Hall–Kier alpha value is -0.730. The second kappa shape index (κ2) is 8.44. The van der Waals surface area contributed by atoms with Crippen LogP contribution in [-0.2, 0) is 19.0 Å². The predicted molar refractivity (Wildman–Crippen MR) is 66.2 cm³/mol. The molecule has 0 spiro atoms. The van der Waals surface area contributed by atoms with Crippen LogP contribution in [0.3, 0.4) is 0 Å². The molecule has 4 atom stereocenters. The van der Waals surface area contributed by atoms with Crippen molar-refractivity contribution in [2.45, 2.75) is 51.2 Å². The van der Waals surface area contributed by atoms with Gasteiger partial charge in [0.1, 0.15) is 24.5 Å². The SMILES string of the molecule is CCCOCC1OC(NCO)CC(OC(C)=O)C1O. The molecule has 0 aromatic heterocycles. The number of ether oxygens (including phenoxy) is 3. The lowest BCUT2D eigenvalue weighted by Gasteiger charge is -2.38. The molecule has 0 aliphatic carbocycles. The van der Waals surface area contributed by atoms with Crippen molar-refractivity contribution in [3.63, 3.8) is 0 Å². The van der Waals surface area contributed by atoms with Crippen LogP contribution in [0.2, 0.25) is 0 Å². The number of rotatable bonds is 7. The van der Waals surface area contributed by atoms with Crippen LogP contribution in [0.4, 0.5) is 0 Å². The van der Waals surface area contributed by atoms with Gasteiger partial charge < -0.3 is 24.4 Å². The minimum atomic E-state index is -0.933. The highest BCUT2D eigenvalue weighted by molar-refractivity contribution is 5.66. The average molecular weight is 277 g/mol. The summed E-state index contributed by atoms with van der Waals surface area (Å²) in [4.78, 5) is 11.0. The quantitative estimate of drug-likeness (QED) is 0.323. The van der Waals surface area contributed by atoms with Crippen molar-refractivity contribution in [2.24, 2.45) is 0 Å². The van der Waals surface area contributed by atoms with Crippen molar-refractivity contribution in [3.8, 4) is 0 Å². The third-order valence-electron chi connectivity index (χ3n) is 2.81. The highest BCUT2D eigenvalue weighted by Gasteiger charge is 2.39. The molecule has 0 amide bonds. The molecule has 0 bridgehead atoms. The van der Waals surface area contributed by atoms with Crippen molar-refractivity contribution in [1.29, 1.82) is 0 Å². The minimum absolute atomic E-state index is 0.219. The number of nitrogens with one attached hydrogen (secondary N) is 1. The Kier molecular flexibility index (Phi) is 7.25. The Balaban J connectivity index is 2.58. The van der Waals surface area contributed by atoms with E-state index < -0.39 is 30.5 Å². The Morgan fingerprint density at radius 1 is 1.53 bits per heavy atom. The van der Waals surface area contributed by atoms with E-state index in [1.165, 1.54) is 6.92 Å². The number of carbonyl (C=O) groups is 1. The summed E-state index contributed by atoms with van der Waals surface area (Å²) in [6.45, 7) is 3.81. The van der Waals surface area contributed by atoms with Crippen molar-refractivity contribution in [2.75, 3.05) is 19.9 Å². The molecule has 7 heteroatoms. The maximum atomic E-state index is 11.0. The van der Waals surface area contributed by atoms with Gasteiger partial charge in [-0.1, -0.05) is 6.92 Å². The van der Waals surface area contributed by atoms with E-state index in [0.717, 1.165) is 6.42 Å². The van der Waals surface area contributed by atoms with Crippen LogP contribution in [0.15, 0.2) is 0 Å². The molecule has 19 heavy (non-hydrogen) atoms. The van der Waals surface area contributed by atoms with E-state index in [-0.39, 0.29) is 19.8 Å². The van der Waals surface area contributed by atoms with Crippen molar-refractivity contribution < 1.29 is 29.2 Å². The van der Waals surface area contributed by atoms with Crippen LogP contribution >= 0.6 is 0 Å². The van der Waals surface area contributed by atoms with E-state index in [0.29, 0.717) is 6.61 Å². The van der Waals surface area contributed by atoms with Gasteiger partial charge in [0.15, 0.2) is 0 Å². The number of carbonyl (C=O) groups excluding carboxylic acids is 1. The van der Waals surface area contributed by atoms with Gasteiger partial charge in [-0.2, -0.15) is 0 Å². The summed E-state index contributed by atoms with van der Waals surface area (Å²) in [5.41, 5.74) is 0. The standard InChI is InChI=1S/C12H23NO6/c1-3-4-17-6-10-12(16)9(18-8(2)15)5-11(19-10)13-7-14/h9-14,16H,3-7H2,1-2H3. The average Bonchev–Trinajstić information content (AvgIpc) is 2.34. The van der Waals surface area contributed by atoms with Crippen LogP contribution in [-0.4, -0.2) is 60.7 Å². The molecule has 3 N–H and O–H groups in total. The fourth-order valence-electron chi connectivity index (χ4n) is 1.98. The second-order valence-electron chi connectivity index (χ2n) is 4.47. The van der Waals surface area contributed by atoms with E-state index >= 15 is 0 Å². The van der Waals surface area contributed by atoms with E-state index in [2.05, 4.69) is 5.32 Å². The molecule has 1 rings (SSSR count). The number of hydrogen-bond acceptors (Lipinski definition) is 7. The van der Waals surface area contributed by atoms with Gasteiger partial charge in [-0.05, 0) is 6.42 Å². The third-order valence-corrected chi connectivity index (χ3v) is 2.81. The van der Waals surface area contributed by atoms with Gasteiger partial charge in [0, 0.05) is 20.0 Å². The molecule has 1 aliphatic rings. The first-order valence-corrected chi connectivity index (χ1v) is 6.51. The number of aliphatic hydroxyl groups is 2. The van der Waals surface area contributed by atoms with Crippen LogP contribution in [0.1, 0.15) is 26.7 Å². The summed E-state index contributed by atoms with van der Waals surface area (Å²) < 4.78 is 16.0. The molecular formula is C12H23NO6. The molecule has 1 aliphatic heterocycles. The Morgan fingerprint density at radius 2 is 2.26 bits per heavy atom. The highest BCUT2D eigenvalue weighted by atomic mass is 16.6. The first-order valence-electron chi connectivity index (χ1n) is 6.51. The summed E-state index contributed by atoms with van der Waals surface area (Å²) in [6, 6.07) is 0. The largest absolute Gasteiger partial charge is 0.460 e. The zero-order valence-corrected chi connectivity index (χ0v) is 11.4. The summed E-state index contributed by atoms with van der Waals surface area (Å²) in [5, 5.41) is 21.7. The normalized spacial score (nSPS) is 31.2. The molecule has 0 aromatic carbocycles. The van der Waals surface area contributed by atoms with Gasteiger partial charge in [0.2, 0.25) is 0 Å². The van der Waals surface area contributed by atoms with Gasteiger partial charge in [-0.3, -0.25) is 10.1 Å². The van der Waals surface area contributed by atoms with Crippen molar-refractivity contribution >= 4 is 5.97 Å². The molecule has 7 nitrogen and oxygen atoms in total.